The van der Waals surface area contributed by atoms with Gasteiger partial charge in [0.1, 0.15) is 0 Å². The van der Waals surface area contributed by atoms with E-state index in [-0.39, 0.29) is 11.5 Å². The Labute approximate surface area is 224 Å². The predicted molar refractivity (Wildman–Crippen MR) is 147 cm³/mol. The summed E-state index contributed by atoms with van der Waals surface area (Å²) in [5, 5.41) is 0.579. The number of allylic oxidation sites excluding steroid dienone is 1. The molecule has 2 heterocycles. The van der Waals surface area contributed by atoms with Gasteiger partial charge in [0, 0.05) is 23.7 Å². The van der Waals surface area contributed by atoms with E-state index in [9.17, 15) is 9.59 Å². The molecule has 194 valence electrons. The molecule has 2 aromatic carbocycles. The summed E-state index contributed by atoms with van der Waals surface area (Å²) in [6.07, 6.45) is 1.79. The van der Waals surface area contributed by atoms with Crippen molar-refractivity contribution in [3.63, 3.8) is 0 Å². The summed E-state index contributed by atoms with van der Waals surface area (Å²) in [6, 6.07) is 12.2. The average molecular weight is 540 g/mol. The zero-order chi connectivity index (χ0) is 26.7. The van der Waals surface area contributed by atoms with Crippen molar-refractivity contribution in [2.24, 2.45) is 4.99 Å². The maximum Gasteiger partial charge on any atom is 0.271 e. The van der Waals surface area contributed by atoms with E-state index < -0.39 is 6.04 Å². The van der Waals surface area contributed by atoms with Crippen LogP contribution in [0.2, 0.25) is 5.02 Å². The van der Waals surface area contributed by atoms with Crippen molar-refractivity contribution in [3.05, 3.63) is 89.6 Å². The maximum absolute atomic E-state index is 13.9. The van der Waals surface area contributed by atoms with Crippen LogP contribution in [0, 0.1) is 0 Å². The van der Waals surface area contributed by atoms with Gasteiger partial charge in [0.05, 0.1) is 35.6 Å². The molecule has 7 nitrogen and oxygen atoms in total. The van der Waals surface area contributed by atoms with E-state index in [2.05, 4.69) is 0 Å². The van der Waals surface area contributed by atoms with Crippen LogP contribution in [0.15, 0.2) is 63.5 Å². The van der Waals surface area contributed by atoms with Crippen molar-refractivity contribution in [2.45, 2.75) is 33.7 Å². The lowest BCUT2D eigenvalue weighted by molar-refractivity contribution is -0.127. The second kappa shape index (κ2) is 11.4. The normalized spacial score (nSPS) is 15.3. The second-order valence-corrected chi connectivity index (χ2v) is 9.87. The number of methoxy groups -OCH3 is 1. The highest BCUT2D eigenvalue weighted by Gasteiger charge is 2.34. The predicted octanol–water partition coefficient (Wildman–Crippen LogP) is 4.16. The average Bonchev–Trinajstić information content (AvgIpc) is 3.19. The van der Waals surface area contributed by atoms with Gasteiger partial charge >= 0.3 is 0 Å². The third-order valence-electron chi connectivity index (χ3n) is 6.29. The molecule has 0 bridgehead atoms. The number of nitrogens with zero attached hydrogens (tertiary/aromatic N) is 3. The zero-order valence-electron chi connectivity index (χ0n) is 21.6. The highest BCUT2D eigenvalue weighted by Crippen LogP contribution is 2.33. The van der Waals surface area contributed by atoms with E-state index in [1.807, 2.05) is 58.0 Å². The second-order valence-electron chi connectivity index (χ2n) is 8.42. The molecule has 1 amide bonds. The third-order valence-corrected chi connectivity index (χ3v) is 7.53. The van der Waals surface area contributed by atoms with E-state index in [4.69, 9.17) is 26.1 Å². The number of hydrogen-bond acceptors (Lipinski definition) is 6. The SMILES string of the molecule is CCOc1c(/C=c2/sc3n(c2=O)[C@H](c2ccc(Cl)cc2)C(C(=O)N(CC)CC)=C(C)N=3)cccc1OC. The van der Waals surface area contributed by atoms with Crippen molar-refractivity contribution in [1.82, 2.24) is 9.47 Å². The van der Waals surface area contributed by atoms with Gasteiger partial charge in [-0.25, -0.2) is 4.99 Å². The monoisotopic (exact) mass is 539 g/mol. The summed E-state index contributed by atoms with van der Waals surface area (Å²) in [7, 11) is 1.58. The minimum Gasteiger partial charge on any atom is -0.493 e. The number of aromatic nitrogens is 1. The zero-order valence-corrected chi connectivity index (χ0v) is 23.2. The molecular formula is C28H30ClN3O4S. The van der Waals surface area contributed by atoms with E-state index in [1.54, 1.807) is 34.8 Å². The fourth-order valence-electron chi connectivity index (χ4n) is 4.48. The number of halogens is 1. The number of thiazole rings is 1. The molecule has 1 aromatic heterocycles. The highest BCUT2D eigenvalue weighted by atomic mass is 35.5. The van der Waals surface area contributed by atoms with Crippen LogP contribution in [0.25, 0.3) is 6.08 Å². The van der Waals surface area contributed by atoms with Crippen LogP contribution in [0.1, 0.15) is 44.9 Å². The molecule has 0 N–H and O–H groups in total. The van der Waals surface area contributed by atoms with Crippen LogP contribution in [0.5, 0.6) is 11.5 Å². The lowest BCUT2D eigenvalue weighted by Crippen LogP contribution is -2.43. The Kier molecular flexibility index (Phi) is 8.19. The number of carbonyl (C=O) groups excluding carboxylic acids is 1. The number of likely N-dealkylation sites (N-methyl/N-ethyl adjacent to an activating group) is 1. The quantitative estimate of drug-likeness (QED) is 0.431. The number of ether oxygens (including phenoxy) is 2. The molecule has 0 spiro atoms. The lowest BCUT2D eigenvalue weighted by Gasteiger charge is -2.29. The molecule has 9 heteroatoms. The Morgan fingerprint density at radius 2 is 1.86 bits per heavy atom. The fraction of sp³-hybridized carbons (Fsp3) is 0.321. The Balaban J connectivity index is 1.97. The van der Waals surface area contributed by atoms with Gasteiger partial charge < -0.3 is 14.4 Å². The smallest absolute Gasteiger partial charge is 0.271 e. The van der Waals surface area contributed by atoms with Gasteiger partial charge in [-0.15, -0.1) is 0 Å². The molecule has 1 atom stereocenters. The Morgan fingerprint density at radius 1 is 1.16 bits per heavy atom. The van der Waals surface area contributed by atoms with Gasteiger partial charge in [0.25, 0.3) is 11.5 Å². The van der Waals surface area contributed by atoms with Crippen LogP contribution in [-0.4, -0.2) is 42.2 Å². The fourth-order valence-corrected chi connectivity index (χ4v) is 5.65. The summed E-state index contributed by atoms with van der Waals surface area (Å²) in [4.78, 5) is 34.6. The first-order valence-electron chi connectivity index (χ1n) is 12.2. The number of para-hydroxylation sites is 1. The van der Waals surface area contributed by atoms with E-state index in [1.165, 1.54) is 11.3 Å². The van der Waals surface area contributed by atoms with E-state index in [0.29, 0.717) is 56.8 Å². The molecule has 0 saturated heterocycles. The molecule has 0 fully saturated rings. The van der Waals surface area contributed by atoms with Crippen molar-refractivity contribution in [3.8, 4) is 11.5 Å². The first kappa shape index (κ1) is 26.7. The van der Waals surface area contributed by atoms with E-state index >= 15 is 0 Å². The number of amides is 1. The number of rotatable bonds is 8. The summed E-state index contributed by atoms with van der Waals surface area (Å²) >= 11 is 7.45. The highest BCUT2D eigenvalue weighted by molar-refractivity contribution is 7.07. The van der Waals surface area contributed by atoms with Gasteiger partial charge in [-0.1, -0.05) is 47.2 Å². The Morgan fingerprint density at radius 3 is 2.49 bits per heavy atom. The molecule has 3 aromatic rings. The van der Waals surface area contributed by atoms with Crippen molar-refractivity contribution in [2.75, 3.05) is 26.8 Å². The molecule has 0 radical (unpaired) electrons. The van der Waals surface area contributed by atoms with Gasteiger partial charge in [0.15, 0.2) is 16.3 Å². The molecule has 37 heavy (non-hydrogen) atoms. The molecule has 0 aliphatic carbocycles. The Hall–Kier alpha value is -3.36. The maximum atomic E-state index is 13.9. The van der Waals surface area contributed by atoms with Gasteiger partial charge in [-0.05, 0) is 57.5 Å². The van der Waals surface area contributed by atoms with Crippen molar-refractivity contribution >= 4 is 34.9 Å². The molecule has 1 aliphatic rings. The standard InChI is InChI=1S/C28H30ClN3O4S/c1-6-31(7-2)27(34)23-17(4)30-28-32(24(23)18-12-14-20(29)15-13-18)26(33)22(37-28)16-19-10-9-11-21(35-5)25(19)36-8-3/h9-16,24H,6-8H2,1-5H3/b22-16+/t24-/m1/s1. The molecule has 4 rings (SSSR count). The largest absolute Gasteiger partial charge is 0.493 e. The van der Waals surface area contributed by atoms with Crippen LogP contribution >= 0.6 is 22.9 Å². The van der Waals surface area contributed by atoms with E-state index in [0.717, 1.165) is 11.1 Å². The van der Waals surface area contributed by atoms with Crippen LogP contribution in [0.3, 0.4) is 0 Å². The number of hydrogen-bond donors (Lipinski definition) is 0. The minimum atomic E-state index is -0.625. The Bertz CT molecular complexity index is 1520. The lowest BCUT2D eigenvalue weighted by atomic mass is 9.94. The van der Waals surface area contributed by atoms with Gasteiger partial charge in [-0.2, -0.15) is 0 Å². The number of benzene rings is 2. The van der Waals surface area contributed by atoms with Crippen LogP contribution in [-0.2, 0) is 4.79 Å². The summed E-state index contributed by atoms with van der Waals surface area (Å²) in [6.45, 7) is 9.16. The minimum absolute atomic E-state index is 0.132. The van der Waals surface area contributed by atoms with Crippen molar-refractivity contribution < 1.29 is 14.3 Å². The first-order chi connectivity index (χ1) is 17.8. The molecule has 0 saturated carbocycles. The molecule has 0 unspecified atom stereocenters. The van der Waals surface area contributed by atoms with Crippen LogP contribution in [0.4, 0.5) is 0 Å². The summed E-state index contributed by atoms with van der Waals surface area (Å²) in [5.74, 6) is 1.03. The number of fused-ring (bicyclic) bond motifs is 1. The topological polar surface area (TPSA) is 73.1 Å². The van der Waals surface area contributed by atoms with Crippen molar-refractivity contribution in [1.29, 1.82) is 0 Å². The summed E-state index contributed by atoms with van der Waals surface area (Å²) < 4.78 is 13.4. The third kappa shape index (κ3) is 5.08. The molecular weight excluding hydrogens is 510 g/mol. The van der Waals surface area contributed by atoms with Crippen LogP contribution < -0.4 is 24.4 Å². The van der Waals surface area contributed by atoms with Gasteiger partial charge in [0.2, 0.25) is 0 Å². The summed E-state index contributed by atoms with van der Waals surface area (Å²) in [5.41, 5.74) is 2.37. The first-order valence-corrected chi connectivity index (χ1v) is 13.4. The van der Waals surface area contributed by atoms with Gasteiger partial charge in [-0.3, -0.25) is 14.2 Å². The number of carbonyl (C=O) groups is 1. The molecule has 1 aliphatic heterocycles.